The normalized spacial score (nSPS) is 11.4. The zero-order chi connectivity index (χ0) is 16.1. The minimum atomic E-state index is -0.791. The number of hydrogen-bond donors (Lipinski definition) is 1. The molecule has 2 rings (SSSR count). The third-order valence-corrected chi connectivity index (χ3v) is 3.42. The predicted molar refractivity (Wildman–Crippen MR) is 86.3 cm³/mol. The zero-order valence-electron chi connectivity index (χ0n) is 11.6. The number of benzene rings is 2. The van der Waals surface area contributed by atoms with Crippen molar-refractivity contribution in [3.8, 4) is 11.8 Å². The van der Waals surface area contributed by atoms with Crippen LogP contribution in [0.4, 0.5) is 5.69 Å². The highest BCUT2D eigenvalue weighted by Crippen LogP contribution is 2.26. The van der Waals surface area contributed by atoms with Gasteiger partial charge in [-0.25, -0.2) is 0 Å². The maximum atomic E-state index is 12.1. The molecule has 0 saturated carbocycles. The molecule has 6 heteroatoms. The summed E-state index contributed by atoms with van der Waals surface area (Å²) in [6.07, 6.45) is -0.791. The minimum Gasteiger partial charge on any atom is -0.480 e. The summed E-state index contributed by atoms with van der Waals surface area (Å²) in [6, 6.07) is 13.5. The van der Waals surface area contributed by atoms with E-state index in [-0.39, 0.29) is 5.91 Å². The van der Waals surface area contributed by atoms with Crippen molar-refractivity contribution in [3.63, 3.8) is 0 Å². The first kappa shape index (κ1) is 16.2. The van der Waals surface area contributed by atoms with Gasteiger partial charge in [-0.1, -0.05) is 35.3 Å². The number of ether oxygens (including phenoxy) is 1. The molecule has 0 spiro atoms. The van der Waals surface area contributed by atoms with E-state index in [4.69, 9.17) is 33.2 Å². The van der Waals surface area contributed by atoms with E-state index in [1.54, 1.807) is 43.3 Å². The van der Waals surface area contributed by atoms with E-state index in [0.29, 0.717) is 27.0 Å². The molecule has 0 aromatic heterocycles. The molecule has 0 fully saturated rings. The molecule has 0 aliphatic heterocycles. The molecular formula is C16H12Cl2N2O2. The van der Waals surface area contributed by atoms with E-state index in [9.17, 15) is 4.79 Å². The number of para-hydroxylation sites is 1. The van der Waals surface area contributed by atoms with Crippen LogP contribution in [0, 0.1) is 11.3 Å². The number of nitrogens with zero attached hydrogens (tertiary/aromatic N) is 1. The van der Waals surface area contributed by atoms with Crippen molar-refractivity contribution < 1.29 is 9.53 Å². The van der Waals surface area contributed by atoms with Crippen LogP contribution in [0.1, 0.15) is 12.5 Å². The van der Waals surface area contributed by atoms with Crippen LogP contribution in [-0.2, 0) is 4.79 Å². The van der Waals surface area contributed by atoms with Crippen molar-refractivity contribution in [2.75, 3.05) is 5.32 Å². The summed E-state index contributed by atoms with van der Waals surface area (Å²) >= 11 is 11.8. The quantitative estimate of drug-likeness (QED) is 0.907. The Labute approximate surface area is 138 Å². The maximum absolute atomic E-state index is 12.1. The van der Waals surface area contributed by atoms with Crippen molar-refractivity contribution in [1.29, 1.82) is 5.26 Å². The lowest BCUT2D eigenvalue weighted by Crippen LogP contribution is -2.30. The number of carbonyl (C=O) groups is 1. The van der Waals surface area contributed by atoms with E-state index in [0.717, 1.165) is 0 Å². The van der Waals surface area contributed by atoms with E-state index < -0.39 is 6.10 Å². The van der Waals surface area contributed by atoms with Crippen molar-refractivity contribution in [1.82, 2.24) is 0 Å². The van der Waals surface area contributed by atoms with Crippen molar-refractivity contribution >= 4 is 34.8 Å². The predicted octanol–water partition coefficient (Wildman–Crippen LogP) is 4.27. The molecule has 22 heavy (non-hydrogen) atoms. The van der Waals surface area contributed by atoms with Gasteiger partial charge in [-0.15, -0.1) is 0 Å². The van der Waals surface area contributed by atoms with Gasteiger partial charge in [-0.3, -0.25) is 4.79 Å². The zero-order valence-corrected chi connectivity index (χ0v) is 13.2. The number of anilines is 1. The first-order chi connectivity index (χ1) is 10.5. The van der Waals surface area contributed by atoms with E-state index >= 15 is 0 Å². The number of halogens is 2. The highest BCUT2D eigenvalue weighted by molar-refractivity contribution is 6.36. The Balaban J connectivity index is 2.08. The van der Waals surface area contributed by atoms with Crippen LogP contribution in [0.5, 0.6) is 5.75 Å². The van der Waals surface area contributed by atoms with Crippen LogP contribution in [0.15, 0.2) is 42.5 Å². The van der Waals surface area contributed by atoms with E-state index in [1.165, 1.54) is 6.07 Å². The van der Waals surface area contributed by atoms with Crippen LogP contribution in [0.2, 0.25) is 10.0 Å². The Morgan fingerprint density at radius 2 is 2.00 bits per heavy atom. The van der Waals surface area contributed by atoms with Crippen LogP contribution in [0.3, 0.4) is 0 Å². The van der Waals surface area contributed by atoms with E-state index in [1.807, 2.05) is 6.07 Å². The van der Waals surface area contributed by atoms with Gasteiger partial charge in [0.25, 0.3) is 5.91 Å². The van der Waals surface area contributed by atoms with Crippen molar-refractivity contribution in [3.05, 3.63) is 58.1 Å². The average molecular weight is 335 g/mol. The summed E-state index contributed by atoms with van der Waals surface area (Å²) in [6.45, 7) is 1.59. The van der Waals surface area contributed by atoms with Gasteiger partial charge in [0.05, 0.1) is 16.3 Å². The molecule has 0 heterocycles. The molecular weight excluding hydrogens is 323 g/mol. The second-order valence-corrected chi connectivity index (χ2v) is 5.33. The Bertz CT molecular complexity index is 741. The van der Waals surface area contributed by atoms with Gasteiger partial charge in [0, 0.05) is 5.02 Å². The highest BCUT2D eigenvalue weighted by Gasteiger charge is 2.17. The monoisotopic (exact) mass is 334 g/mol. The lowest BCUT2D eigenvalue weighted by atomic mass is 10.2. The molecule has 0 radical (unpaired) electrons. The van der Waals surface area contributed by atoms with Gasteiger partial charge < -0.3 is 10.1 Å². The lowest BCUT2D eigenvalue weighted by Gasteiger charge is -2.16. The third-order valence-electron chi connectivity index (χ3n) is 2.87. The fourth-order valence-electron chi connectivity index (χ4n) is 1.73. The van der Waals surface area contributed by atoms with Gasteiger partial charge in [0.1, 0.15) is 11.8 Å². The summed E-state index contributed by atoms with van der Waals surface area (Å²) in [7, 11) is 0. The molecule has 112 valence electrons. The Hall–Kier alpha value is -2.22. The van der Waals surface area contributed by atoms with Crippen molar-refractivity contribution in [2.45, 2.75) is 13.0 Å². The molecule has 2 aromatic rings. The van der Waals surface area contributed by atoms with Gasteiger partial charge in [0.2, 0.25) is 0 Å². The number of nitrogens with one attached hydrogen (secondary N) is 1. The smallest absolute Gasteiger partial charge is 0.265 e. The Morgan fingerprint density at radius 1 is 1.27 bits per heavy atom. The third kappa shape index (κ3) is 3.91. The molecule has 2 aromatic carbocycles. The SMILES string of the molecule is C[C@H](Oc1ccccc1C#N)C(=O)Nc1ccc(Cl)cc1Cl. The summed E-state index contributed by atoms with van der Waals surface area (Å²) in [5, 5.41) is 12.5. The molecule has 0 unspecified atom stereocenters. The summed E-state index contributed by atoms with van der Waals surface area (Å²) in [4.78, 5) is 12.1. The van der Waals surface area contributed by atoms with Crippen LogP contribution < -0.4 is 10.1 Å². The number of carbonyl (C=O) groups excluding carboxylic acids is 1. The molecule has 0 aliphatic rings. The fourth-order valence-corrected chi connectivity index (χ4v) is 2.19. The largest absolute Gasteiger partial charge is 0.480 e. The molecule has 1 amide bonds. The Kier molecular flexibility index (Phi) is 5.26. The van der Waals surface area contributed by atoms with Crippen molar-refractivity contribution in [2.24, 2.45) is 0 Å². The van der Waals surface area contributed by atoms with Crippen LogP contribution in [-0.4, -0.2) is 12.0 Å². The molecule has 0 bridgehead atoms. The number of rotatable bonds is 4. The number of nitriles is 1. The summed E-state index contributed by atoms with van der Waals surface area (Å²) < 4.78 is 5.53. The number of hydrogen-bond acceptors (Lipinski definition) is 3. The first-order valence-electron chi connectivity index (χ1n) is 6.43. The molecule has 0 aliphatic carbocycles. The minimum absolute atomic E-state index is 0.338. The van der Waals surface area contributed by atoms with Gasteiger partial charge in [-0.05, 0) is 37.3 Å². The standard InChI is InChI=1S/C16H12Cl2N2O2/c1-10(22-15-5-3-2-4-11(15)9-19)16(21)20-14-7-6-12(17)8-13(14)18/h2-8,10H,1H3,(H,20,21)/t10-/m0/s1. The van der Waals surface area contributed by atoms with Gasteiger partial charge in [0.15, 0.2) is 6.10 Å². The maximum Gasteiger partial charge on any atom is 0.265 e. The summed E-state index contributed by atoms with van der Waals surface area (Å²) in [5.74, 6) is -0.0215. The lowest BCUT2D eigenvalue weighted by molar-refractivity contribution is -0.122. The highest BCUT2D eigenvalue weighted by atomic mass is 35.5. The molecule has 1 atom stereocenters. The van der Waals surface area contributed by atoms with E-state index in [2.05, 4.69) is 5.32 Å². The second-order valence-electron chi connectivity index (χ2n) is 4.48. The molecule has 0 saturated heterocycles. The number of amides is 1. The molecule has 4 nitrogen and oxygen atoms in total. The second kappa shape index (κ2) is 7.17. The fraction of sp³-hybridized carbons (Fsp3) is 0.125. The van der Waals surface area contributed by atoms with Crippen LogP contribution in [0.25, 0.3) is 0 Å². The Morgan fingerprint density at radius 3 is 2.68 bits per heavy atom. The average Bonchev–Trinajstić information content (AvgIpc) is 2.50. The van der Waals surface area contributed by atoms with Gasteiger partial charge in [-0.2, -0.15) is 5.26 Å². The summed E-state index contributed by atoms with van der Waals surface area (Å²) in [5.41, 5.74) is 0.812. The first-order valence-corrected chi connectivity index (χ1v) is 7.18. The molecule has 1 N–H and O–H groups in total. The van der Waals surface area contributed by atoms with Gasteiger partial charge >= 0.3 is 0 Å². The van der Waals surface area contributed by atoms with Crippen LogP contribution >= 0.6 is 23.2 Å². The topological polar surface area (TPSA) is 62.1 Å².